The lowest BCUT2D eigenvalue weighted by atomic mass is 9.98. The summed E-state index contributed by atoms with van der Waals surface area (Å²) in [5, 5.41) is 12.1. The number of nitriles is 1. The highest BCUT2D eigenvalue weighted by atomic mass is 32.2. The summed E-state index contributed by atoms with van der Waals surface area (Å²) in [6, 6.07) is 12.2. The Labute approximate surface area is 213 Å². The van der Waals surface area contributed by atoms with E-state index in [9.17, 15) is 18.5 Å². The van der Waals surface area contributed by atoms with Crippen molar-refractivity contribution in [2.75, 3.05) is 32.0 Å². The molecule has 1 aliphatic rings. The zero-order valence-electron chi connectivity index (χ0n) is 19.7. The number of anilines is 1. The van der Waals surface area contributed by atoms with E-state index in [2.05, 4.69) is 15.3 Å². The van der Waals surface area contributed by atoms with E-state index in [0.717, 1.165) is 10.6 Å². The molecule has 3 N–H and O–H groups in total. The van der Waals surface area contributed by atoms with Crippen LogP contribution in [-0.4, -0.2) is 54.8 Å². The van der Waals surface area contributed by atoms with Gasteiger partial charge in [0.15, 0.2) is 0 Å². The van der Waals surface area contributed by atoms with Crippen LogP contribution in [0.1, 0.15) is 35.8 Å². The molecule has 1 amide bonds. The summed E-state index contributed by atoms with van der Waals surface area (Å²) in [5.41, 5.74) is 6.92. The molecule has 0 unspecified atom stereocenters. The first-order valence-corrected chi connectivity index (χ1v) is 13.7. The molecule has 1 saturated heterocycles. The summed E-state index contributed by atoms with van der Waals surface area (Å²) in [5.74, 6) is -0.277. The van der Waals surface area contributed by atoms with Crippen molar-refractivity contribution >= 4 is 33.0 Å². The van der Waals surface area contributed by atoms with Crippen molar-refractivity contribution in [3.05, 3.63) is 53.9 Å². The predicted octanol–water partition coefficient (Wildman–Crippen LogP) is 2.89. The number of nitrogens with two attached hydrogens (primary N) is 1. The first-order valence-electron chi connectivity index (χ1n) is 11.5. The Morgan fingerprint density at radius 2 is 2.08 bits per heavy atom. The number of rotatable bonds is 8. The fourth-order valence-electron chi connectivity index (χ4n) is 3.92. The Bertz CT molecular complexity index is 1380. The topological polar surface area (TPSA) is 151 Å². The molecule has 188 valence electrons. The number of amides is 1. The van der Waals surface area contributed by atoms with Crippen LogP contribution in [0.4, 0.5) is 5.69 Å². The van der Waals surface area contributed by atoms with Crippen molar-refractivity contribution in [2.45, 2.75) is 24.0 Å². The Morgan fingerprint density at radius 1 is 1.31 bits per heavy atom. The molecular weight excluding hydrogens is 500 g/mol. The highest BCUT2D eigenvalue weighted by Gasteiger charge is 2.31. The third kappa shape index (κ3) is 5.48. The number of carbonyl (C=O) groups is 1. The van der Waals surface area contributed by atoms with Crippen molar-refractivity contribution < 1.29 is 17.9 Å². The average molecular weight is 527 g/mol. The average Bonchev–Trinajstić information content (AvgIpc) is 3.39. The van der Waals surface area contributed by atoms with Crippen LogP contribution < -0.4 is 15.8 Å². The summed E-state index contributed by atoms with van der Waals surface area (Å²) in [6.45, 7) is 3.15. The zero-order chi connectivity index (χ0) is 25.7. The smallest absolute Gasteiger partial charge is 0.270 e. The second-order valence-electron chi connectivity index (χ2n) is 8.21. The van der Waals surface area contributed by atoms with E-state index in [1.807, 2.05) is 24.3 Å². The van der Waals surface area contributed by atoms with Crippen molar-refractivity contribution in [1.82, 2.24) is 19.6 Å². The van der Waals surface area contributed by atoms with E-state index in [0.29, 0.717) is 36.7 Å². The van der Waals surface area contributed by atoms with Crippen molar-refractivity contribution in [2.24, 2.45) is 5.92 Å². The summed E-state index contributed by atoms with van der Waals surface area (Å²) in [6.07, 6.45) is 2.91. The van der Waals surface area contributed by atoms with Gasteiger partial charge in [-0.3, -0.25) is 9.78 Å². The van der Waals surface area contributed by atoms with Gasteiger partial charge in [-0.2, -0.15) is 9.57 Å². The Balaban J connectivity index is 1.34. The number of pyridine rings is 2. The van der Waals surface area contributed by atoms with E-state index in [4.69, 9.17) is 10.5 Å². The summed E-state index contributed by atoms with van der Waals surface area (Å²) >= 11 is 1.21. The highest BCUT2D eigenvalue weighted by molar-refractivity contribution is 7.91. The van der Waals surface area contributed by atoms with Crippen molar-refractivity contribution in [1.29, 1.82) is 5.26 Å². The van der Waals surface area contributed by atoms with Gasteiger partial charge in [-0.25, -0.2) is 13.4 Å². The van der Waals surface area contributed by atoms with E-state index < -0.39 is 15.9 Å². The number of thiophene rings is 1. The number of ether oxygens (including phenoxy) is 1. The largest absolute Gasteiger partial charge is 0.477 e. The van der Waals surface area contributed by atoms with Gasteiger partial charge in [0, 0.05) is 25.8 Å². The molecule has 0 bridgehead atoms. The number of hydrogen-bond donors (Lipinski definition) is 2. The fraction of sp³-hybridized carbons (Fsp3) is 0.333. The number of piperidine rings is 1. The summed E-state index contributed by atoms with van der Waals surface area (Å²) < 4.78 is 33.4. The second kappa shape index (κ2) is 11.0. The fourth-order valence-corrected chi connectivity index (χ4v) is 6.83. The van der Waals surface area contributed by atoms with Gasteiger partial charge in [0.1, 0.15) is 21.5 Å². The van der Waals surface area contributed by atoms with Gasteiger partial charge in [-0.1, -0.05) is 6.07 Å². The third-order valence-corrected chi connectivity index (χ3v) is 9.33. The van der Waals surface area contributed by atoms with Crippen LogP contribution in [0.15, 0.2) is 46.8 Å². The van der Waals surface area contributed by atoms with Gasteiger partial charge in [-0.05, 0) is 56.0 Å². The van der Waals surface area contributed by atoms with E-state index in [1.165, 1.54) is 21.7 Å². The monoisotopic (exact) mass is 526 g/mol. The molecule has 0 saturated carbocycles. The van der Waals surface area contributed by atoms with Gasteiger partial charge in [0.05, 0.1) is 22.9 Å². The minimum atomic E-state index is -3.60. The van der Waals surface area contributed by atoms with E-state index in [-0.39, 0.29) is 35.3 Å². The number of nitrogens with one attached hydrogen (secondary N) is 1. The number of nitrogen functional groups attached to an aromatic ring is 1. The van der Waals surface area contributed by atoms with Crippen LogP contribution >= 0.6 is 11.3 Å². The number of nitrogens with zero attached hydrogens (tertiary/aromatic N) is 4. The molecule has 4 heterocycles. The van der Waals surface area contributed by atoms with Crippen LogP contribution in [0.5, 0.6) is 5.88 Å². The van der Waals surface area contributed by atoms with Crippen molar-refractivity contribution in [3.8, 4) is 22.5 Å². The highest BCUT2D eigenvalue weighted by Crippen LogP contribution is 2.32. The standard InChI is InChI=1S/C24H26N6O4S2/c1-2-34-24-17(14-25)18(26)13-20(29-24)23(31)28-15-16-8-11-30(12-9-16)36(32,33)22-7-6-21(35-22)19-5-3-4-10-27-19/h3-7,10,13,16H,2,8-9,11-12,15H2,1H3,(H2,26,29)(H,28,31). The summed E-state index contributed by atoms with van der Waals surface area (Å²) in [4.78, 5) is 21.9. The molecule has 36 heavy (non-hydrogen) atoms. The van der Waals surface area contributed by atoms with Crippen LogP contribution in [-0.2, 0) is 10.0 Å². The molecule has 0 aromatic carbocycles. The second-order valence-corrected chi connectivity index (χ2v) is 11.5. The Kier molecular flexibility index (Phi) is 7.83. The van der Waals surface area contributed by atoms with Gasteiger partial charge in [0.2, 0.25) is 5.88 Å². The maximum absolute atomic E-state index is 13.2. The maximum Gasteiger partial charge on any atom is 0.270 e. The molecule has 3 aromatic heterocycles. The minimum Gasteiger partial charge on any atom is -0.477 e. The molecule has 1 fully saturated rings. The molecule has 0 atom stereocenters. The normalized spacial score (nSPS) is 14.8. The molecule has 3 aromatic rings. The first-order chi connectivity index (χ1) is 17.3. The summed E-state index contributed by atoms with van der Waals surface area (Å²) in [7, 11) is -3.60. The molecule has 0 spiro atoms. The van der Waals surface area contributed by atoms with Crippen LogP contribution in [0.25, 0.3) is 10.6 Å². The molecule has 0 radical (unpaired) electrons. The Hall–Kier alpha value is -3.53. The molecule has 1 aliphatic heterocycles. The molecule has 4 rings (SSSR count). The van der Waals surface area contributed by atoms with Gasteiger partial charge in [-0.15, -0.1) is 11.3 Å². The number of carbonyl (C=O) groups excluding carboxylic acids is 1. The maximum atomic E-state index is 13.2. The molecular formula is C24H26N6O4S2. The predicted molar refractivity (Wildman–Crippen MR) is 136 cm³/mol. The first kappa shape index (κ1) is 25.6. The van der Waals surface area contributed by atoms with Gasteiger partial charge < -0.3 is 15.8 Å². The molecule has 12 heteroatoms. The lowest BCUT2D eigenvalue weighted by Gasteiger charge is -2.30. The van der Waals surface area contributed by atoms with Gasteiger partial charge in [0.25, 0.3) is 15.9 Å². The quantitative estimate of drug-likeness (QED) is 0.455. The van der Waals surface area contributed by atoms with Crippen molar-refractivity contribution in [3.63, 3.8) is 0 Å². The molecule has 0 aliphatic carbocycles. The van der Waals surface area contributed by atoms with Crippen LogP contribution in [0, 0.1) is 17.2 Å². The number of sulfonamides is 1. The number of hydrogen-bond acceptors (Lipinski definition) is 9. The lowest BCUT2D eigenvalue weighted by molar-refractivity contribution is 0.0935. The molecule has 10 nitrogen and oxygen atoms in total. The van der Waals surface area contributed by atoms with Gasteiger partial charge >= 0.3 is 0 Å². The zero-order valence-corrected chi connectivity index (χ0v) is 21.3. The Morgan fingerprint density at radius 3 is 2.75 bits per heavy atom. The van der Waals surface area contributed by atoms with E-state index in [1.54, 1.807) is 25.3 Å². The number of aromatic nitrogens is 2. The lowest BCUT2D eigenvalue weighted by Crippen LogP contribution is -2.41. The third-order valence-electron chi connectivity index (χ3n) is 5.86. The minimum absolute atomic E-state index is 0.0310. The van der Waals surface area contributed by atoms with Crippen LogP contribution in [0.3, 0.4) is 0 Å². The SMILES string of the molecule is CCOc1nc(C(=O)NCC2CCN(S(=O)(=O)c3ccc(-c4ccccn4)s3)CC2)cc(N)c1C#N. The van der Waals surface area contributed by atoms with Crippen LogP contribution in [0.2, 0.25) is 0 Å². The van der Waals surface area contributed by atoms with E-state index >= 15 is 0 Å².